The zero-order valence-corrected chi connectivity index (χ0v) is 34.0. The predicted molar refractivity (Wildman–Crippen MR) is 211 cm³/mol. The first kappa shape index (κ1) is 44.0. The van der Waals surface area contributed by atoms with Crippen LogP contribution in [0.1, 0.15) is 97.3 Å². The molecule has 0 aromatic heterocycles. The van der Waals surface area contributed by atoms with Gasteiger partial charge in [0.25, 0.3) is 0 Å². The molecule has 2 saturated carbocycles. The van der Waals surface area contributed by atoms with Crippen molar-refractivity contribution in [3.05, 3.63) is 11.6 Å². The van der Waals surface area contributed by atoms with Crippen LogP contribution in [0, 0.1) is 47.3 Å². The summed E-state index contributed by atoms with van der Waals surface area (Å²) in [7, 11) is 1.84. The molecule has 6 aliphatic rings. The molecule has 14 heteroatoms. The van der Waals surface area contributed by atoms with Crippen LogP contribution in [0.3, 0.4) is 0 Å². The molecule has 0 amide bonds. The molecular formula is C42H73N5O9. The van der Waals surface area contributed by atoms with Crippen molar-refractivity contribution in [2.45, 2.75) is 152 Å². The summed E-state index contributed by atoms with van der Waals surface area (Å²) in [4.78, 5) is 28.0. The fraction of sp³-hybridized carbons (Fsp3) is 0.905. The fourth-order valence-electron chi connectivity index (χ4n) is 11.8. The number of aliphatic hydroxyl groups excluding tert-OH is 4. The van der Waals surface area contributed by atoms with Gasteiger partial charge in [-0.1, -0.05) is 12.5 Å². The highest BCUT2D eigenvalue weighted by atomic mass is 16.6. The Bertz CT molecular complexity index is 1330. The molecule has 0 aromatic carbocycles. The normalized spacial score (nSPS) is 43.3. The molecule has 17 atom stereocenters. The van der Waals surface area contributed by atoms with Crippen molar-refractivity contribution >= 4 is 11.8 Å². The molecule has 4 saturated heterocycles. The minimum Gasteiger partial charge on any atom is -0.456 e. The van der Waals surface area contributed by atoms with E-state index in [2.05, 4.69) is 16.0 Å². The maximum absolute atomic E-state index is 14.2. The zero-order valence-electron chi connectivity index (χ0n) is 34.0. The van der Waals surface area contributed by atoms with Gasteiger partial charge in [-0.15, -0.1) is 0 Å². The van der Waals surface area contributed by atoms with Crippen LogP contribution in [-0.4, -0.2) is 127 Å². The maximum atomic E-state index is 14.2. The minimum absolute atomic E-state index is 0.00778. The van der Waals surface area contributed by atoms with Crippen LogP contribution in [-0.2, 0) is 23.8 Å². The second-order valence-electron chi connectivity index (χ2n) is 18.4. The number of fused-ring (bicyclic) bond motifs is 2. The van der Waals surface area contributed by atoms with Crippen molar-refractivity contribution in [2.24, 2.45) is 58.8 Å². The number of nitrogens with two attached hydrogens (primary N) is 2. The number of nitrogens with one attached hydrogen (secondary N) is 3. The number of Topliss-reactive ketones (excluding diaryl/α,β-unsaturated/α-hetero) is 1. The van der Waals surface area contributed by atoms with Crippen LogP contribution in [0.4, 0.5) is 0 Å². The smallest absolute Gasteiger partial charge is 0.334 e. The van der Waals surface area contributed by atoms with E-state index in [1.165, 1.54) is 0 Å². The number of ether oxygens (including phenoxy) is 3. The van der Waals surface area contributed by atoms with Crippen molar-refractivity contribution in [1.29, 1.82) is 0 Å². The molecule has 2 aliphatic carbocycles. The van der Waals surface area contributed by atoms with Crippen LogP contribution in [0.2, 0.25) is 0 Å². The Balaban J connectivity index is 1.43. The third kappa shape index (κ3) is 9.73. The fourth-order valence-corrected chi connectivity index (χ4v) is 11.8. The Labute approximate surface area is 333 Å². The van der Waals surface area contributed by atoms with Gasteiger partial charge in [0.1, 0.15) is 17.5 Å². The molecular weight excluding hydrogens is 718 g/mol. The van der Waals surface area contributed by atoms with Crippen LogP contribution >= 0.6 is 0 Å². The summed E-state index contributed by atoms with van der Waals surface area (Å²) in [5.41, 5.74) is 12.4. The summed E-state index contributed by atoms with van der Waals surface area (Å²) < 4.78 is 20.7. The summed E-state index contributed by atoms with van der Waals surface area (Å²) in [5, 5.41) is 55.0. The van der Waals surface area contributed by atoms with Gasteiger partial charge in [0.2, 0.25) is 0 Å². The van der Waals surface area contributed by atoms with Crippen molar-refractivity contribution in [3.63, 3.8) is 0 Å². The van der Waals surface area contributed by atoms with Crippen LogP contribution in [0.15, 0.2) is 11.6 Å². The molecule has 4 heterocycles. The Morgan fingerprint density at radius 2 is 1.86 bits per heavy atom. The van der Waals surface area contributed by atoms with Gasteiger partial charge in [-0.05, 0) is 141 Å². The summed E-state index contributed by atoms with van der Waals surface area (Å²) in [6.07, 6.45) is 5.61. The first-order valence-electron chi connectivity index (χ1n) is 21.8. The van der Waals surface area contributed by atoms with E-state index in [-0.39, 0.29) is 61.4 Å². The lowest BCUT2D eigenvalue weighted by molar-refractivity contribution is -0.296. The summed E-state index contributed by atoms with van der Waals surface area (Å²) >= 11 is 0. The maximum Gasteiger partial charge on any atom is 0.334 e. The molecule has 0 spiro atoms. The molecule has 4 aliphatic heterocycles. The number of carbonyl (C=O) groups is 2. The second-order valence-corrected chi connectivity index (χ2v) is 18.4. The highest BCUT2D eigenvalue weighted by Gasteiger charge is 2.64. The van der Waals surface area contributed by atoms with Crippen molar-refractivity contribution < 1.29 is 44.2 Å². The molecule has 0 aromatic rings. The molecule has 11 N–H and O–H groups in total. The van der Waals surface area contributed by atoms with Crippen molar-refractivity contribution in [2.75, 3.05) is 39.9 Å². The number of ketones is 1. The average molecular weight is 792 g/mol. The molecule has 0 bridgehead atoms. The van der Waals surface area contributed by atoms with E-state index in [4.69, 9.17) is 25.7 Å². The van der Waals surface area contributed by atoms with Gasteiger partial charge >= 0.3 is 5.97 Å². The van der Waals surface area contributed by atoms with Gasteiger partial charge < -0.3 is 62.1 Å². The topological polar surface area (TPSA) is 231 Å². The number of hydrogen-bond donors (Lipinski definition) is 9. The van der Waals surface area contributed by atoms with E-state index in [1.807, 2.05) is 20.9 Å². The Morgan fingerprint density at radius 3 is 2.52 bits per heavy atom. The molecule has 6 rings (SSSR count). The van der Waals surface area contributed by atoms with Gasteiger partial charge in [0.15, 0.2) is 0 Å². The molecule has 0 radical (unpaired) electrons. The lowest BCUT2D eigenvalue weighted by Gasteiger charge is -2.61. The quantitative estimate of drug-likeness (QED) is 0.0886. The number of esters is 1. The first-order chi connectivity index (χ1) is 26.9. The predicted octanol–water partition coefficient (Wildman–Crippen LogP) is 1.07. The molecule has 56 heavy (non-hydrogen) atoms. The van der Waals surface area contributed by atoms with Gasteiger partial charge in [-0.2, -0.15) is 0 Å². The highest BCUT2D eigenvalue weighted by molar-refractivity contribution is 5.88. The number of piperidine rings is 2. The summed E-state index contributed by atoms with van der Waals surface area (Å²) in [6, 6.07) is 0. The van der Waals surface area contributed by atoms with Crippen molar-refractivity contribution in [3.8, 4) is 0 Å². The van der Waals surface area contributed by atoms with Crippen LogP contribution in [0.25, 0.3) is 0 Å². The van der Waals surface area contributed by atoms with E-state index in [1.54, 1.807) is 6.08 Å². The summed E-state index contributed by atoms with van der Waals surface area (Å²) in [5.74, 6) is -2.52. The SMILES string of the molecule is CC=C(CCNC)C(=O)OC1CC2C(O)C3C(=O)CC(CO)OC3C(C(C3CCNC(N)C3)C(CO)C3CCCC(O)C3)C2OC1(C)CCC1CCC(N)NC1. The molecule has 6 fully saturated rings. The molecule has 320 valence electrons. The van der Waals surface area contributed by atoms with E-state index in [0.29, 0.717) is 56.7 Å². The van der Waals surface area contributed by atoms with E-state index < -0.39 is 65.9 Å². The Hall–Kier alpha value is -1.56. The largest absolute Gasteiger partial charge is 0.456 e. The lowest BCUT2D eigenvalue weighted by Crippen LogP contribution is -2.70. The molecule has 17 unspecified atom stereocenters. The molecule has 14 nitrogen and oxygen atoms in total. The van der Waals surface area contributed by atoms with E-state index in [0.717, 1.165) is 51.5 Å². The highest BCUT2D eigenvalue weighted by Crippen LogP contribution is 2.56. The lowest BCUT2D eigenvalue weighted by atomic mass is 9.53. The zero-order chi connectivity index (χ0) is 40.1. The third-order valence-electron chi connectivity index (χ3n) is 14.8. The van der Waals surface area contributed by atoms with Gasteiger partial charge in [0, 0.05) is 30.4 Å². The Morgan fingerprint density at radius 1 is 1.05 bits per heavy atom. The van der Waals surface area contributed by atoms with E-state index >= 15 is 0 Å². The van der Waals surface area contributed by atoms with Gasteiger partial charge in [-0.25, -0.2) is 4.79 Å². The van der Waals surface area contributed by atoms with Crippen LogP contribution in [0.5, 0.6) is 0 Å². The number of rotatable bonds is 14. The minimum atomic E-state index is -1.13. The van der Waals surface area contributed by atoms with Crippen LogP contribution < -0.4 is 27.4 Å². The number of hydrogen-bond acceptors (Lipinski definition) is 14. The standard InChI is InChI=1S/C42H73N5O9/c1-4-24(11-14-45-3)41(53)55-32-19-29-38(52)36-31(51)18-28(21-48)54-40(36)37(39(29)56-42(32,2)13-10-23-8-9-33(43)47-20-23)35(26-12-15-46-34(44)17-26)30(22-49)25-6-5-7-27(50)16-25/h4,23,25-30,32-40,45-50,52H,5-22,43-44H2,1-3H3. The van der Waals surface area contributed by atoms with Gasteiger partial charge in [0.05, 0.1) is 55.4 Å². The average Bonchev–Trinajstić information content (AvgIpc) is 3.18. The van der Waals surface area contributed by atoms with E-state index in [9.17, 15) is 30.0 Å². The number of aliphatic hydroxyl groups is 4. The van der Waals surface area contributed by atoms with Crippen molar-refractivity contribution in [1.82, 2.24) is 16.0 Å². The monoisotopic (exact) mass is 792 g/mol. The second kappa shape index (κ2) is 19.7. The first-order valence-corrected chi connectivity index (χ1v) is 21.8. The number of carbonyl (C=O) groups excluding carboxylic acids is 2. The van der Waals surface area contributed by atoms with Gasteiger partial charge in [-0.3, -0.25) is 4.79 Å². The number of allylic oxidation sites excluding steroid dienone is 1. The Kier molecular flexibility index (Phi) is 15.5. The summed E-state index contributed by atoms with van der Waals surface area (Å²) in [6.45, 7) is 5.51. The third-order valence-corrected chi connectivity index (χ3v) is 14.8.